The zero-order chi connectivity index (χ0) is 14.5. The number of aromatic carboxylic acids is 1. The Morgan fingerprint density at radius 2 is 2.20 bits per heavy atom. The summed E-state index contributed by atoms with van der Waals surface area (Å²) in [4.78, 5) is 14.9. The number of nitrogen functional groups attached to an aromatic ring is 1. The number of rotatable bonds is 5. The first kappa shape index (κ1) is 13.7. The lowest BCUT2D eigenvalue weighted by atomic mass is 10.2. The van der Waals surface area contributed by atoms with Crippen LogP contribution in [0.15, 0.2) is 36.5 Å². The van der Waals surface area contributed by atoms with Crippen molar-refractivity contribution in [1.29, 1.82) is 0 Å². The Labute approximate surface area is 115 Å². The molecule has 0 aliphatic heterocycles. The van der Waals surface area contributed by atoms with Gasteiger partial charge in [0.1, 0.15) is 12.4 Å². The fourth-order valence-corrected chi connectivity index (χ4v) is 1.70. The van der Waals surface area contributed by atoms with E-state index in [1.54, 1.807) is 18.3 Å². The summed E-state index contributed by atoms with van der Waals surface area (Å²) in [5.74, 6) is -0.0935. The Morgan fingerprint density at radius 1 is 1.40 bits per heavy atom. The predicted octanol–water partition coefficient (Wildman–Crippen LogP) is 1.95. The molecule has 0 aliphatic rings. The van der Waals surface area contributed by atoms with Gasteiger partial charge in [-0.25, -0.2) is 9.78 Å². The second-order valence-corrected chi connectivity index (χ2v) is 4.01. The van der Waals surface area contributed by atoms with Crippen LogP contribution in [-0.4, -0.2) is 23.2 Å². The first-order valence-electron chi connectivity index (χ1n) is 5.85. The number of hydrogen-bond acceptors (Lipinski definition) is 5. The normalized spacial score (nSPS) is 10.1. The van der Waals surface area contributed by atoms with E-state index in [4.69, 9.17) is 20.3 Å². The molecular weight excluding hydrogens is 260 g/mol. The van der Waals surface area contributed by atoms with Gasteiger partial charge in [0, 0.05) is 18.0 Å². The first-order chi connectivity index (χ1) is 9.61. The van der Waals surface area contributed by atoms with Crippen molar-refractivity contribution >= 4 is 11.7 Å². The Morgan fingerprint density at radius 3 is 2.85 bits per heavy atom. The molecule has 2 aromatic rings. The monoisotopic (exact) mass is 274 g/mol. The minimum absolute atomic E-state index is 0.0521. The molecule has 0 unspecified atom stereocenters. The van der Waals surface area contributed by atoms with Crippen molar-refractivity contribution in [1.82, 2.24) is 4.98 Å². The van der Waals surface area contributed by atoms with E-state index in [9.17, 15) is 4.79 Å². The standard InChI is InChI=1S/C14H14N2O4/c1-19-13-9(3-2-6-16-13)8-20-10-4-5-11(14(17)18)12(15)7-10/h2-7H,8,15H2,1H3,(H,17,18). The molecule has 0 bridgehead atoms. The van der Waals surface area contributed by atoms with Gasteiger partial charge < -0.3 is 20.3 Å². The third-order valence-electron chi connectivity index (χ3n) is 2.69. The molecular formula is C14H14N2O4. The highest BCUT2D eigenvalue weighted by Gasteiger charge is 2.09. The number of methoxy groups -OCH3 is 1. The van der Waals surface area contributed by atoms with Gasteiger partial charge in [0.05, 0.1) is 18.2 Å². The number of ether oxygens (including phenoxy) is 2. The van der Waals surface area contributed by atoms with Crippen molar-refractivity contribution in [2.75, 3.05) is 12.8 Å². The van der Waals surface area contributed by atoms with Crippen LogP contribution >= 0.6 is 0 Å². The summed E-state index contributed by atoms with van der Waals surface area (Å²) in [6.07, 6.45) is 1.63. The average molecular weight is 274 g/mol. The molecule has 0 aliphatic carbocycles. The van der Waals surface area contributed by atoms with E-state index >= 15 is 0 Å². The van der Waals surface area contributed by atoms with Gasteiger partial charge in [0.2, 0.25) is 5.88 Å². The van der Waals surface area contributed by atoms with E-state index in [0.29, 0.717) is 11.6 Å². The number of hydrogen-bond donors (Lipinski definition) is 2. The summed E-state index contributed by atoms with van der Waals surface area (Å²) in [7, 11) is 1.53. The highest BCUT2D eigenvalue weighted by molar-refractivity contribution is 5.93. The lowest BCUT2D eigenvalue weighted by Crippen LogP contribution is -2.04. The number of nitrogens with zero attached hydrogens (tertiary/aromatic N) is 1. The molecule has 0 spiro atoms. The number of carbonyl (C=O) groups is 1. The van der Waals surface area contributed by atoms with Gasteiger partial charge >= 0.3 is 5.97 Å². The molecule has 0 fully saturated rings. The topological polar surface area (TPSA) is 94.7 Å². The number of benzene rings is 1. The molecule has 0 saturated heterocycles. The molecule has 1 aromatic carbocycles. The van der Waals surface area contributed by atoms with E-state index in [0.717, 1.165) is 5.56 Å². The molecule has 6 nitrogen and oxygen atoms in total. The summed E-state index contributed by atoms with van der Waals surface area (Å²) in [5.41, 5.74) is 6.65. The molecule has 0 atom stereocenters. The molecule has 104 valence electrons. The second-order valence-electron chi connectivity index (χ2n) is 4.01. The van der Waals surface area contributed by atoms with Gasteiger partial charge in [-0.1, -0.05) is 0 Å². The third-order valence-corrected chi connectivity index (χ3v) is 2.69. The Balaban J connectivity index is 2.11. The van der Waals surface area contributed by atoms with Crippen LogP contribution in [0.4, 0.5) is 5.69 Å². The minimum atomic E-state index is -1.07. The molecule has 0 radical (unpaired) electrons. The molecule has 1 aromatic heterocycles. The van der Waals surface area contributed by atoms with Crippen LogP contribution in [0.5, 0.6) is 11.6 Å². The molecule has 3 N–H and O–H groups in total. The van der Waals surface area contributed by atoms with E-state index < -0.39 is 5.97 Å². The number of pyridine rings is 1. The number of aromatic nitrogens is 1. The molecule has 0 saturated carbocycles. The highest BCUT2D eigenvalue weighted by Crippen LogP contribution is 2.22. The second kappa shape index (κ2) is 5.92. The van der Waals surface area contributed by atoms with E-state index in [-0.39, 0.29) is 17.9 Å². The van der Waals surface area contributed by atoms with E-state index in [1.807, 2.05) is 6.07 Å². The quantitative estimate of drug-likeness (QED) is 0.809. The van der Waals surface area contributed by atoms with Gasteiger partial charge in [-0.3, -0.25) is 0 Å². The SMILES string of the molecule is COc1ncccc1COc1ccc(C(=O)O)c(N)c1. The van der Waals surface area contributed by atoms with Crippen molar-refractivity contribution in [3.8, 4) is 11.6 Å². The summed E-state index contributed by atoms with van der Waals surface area (Å²) < 4.78 is 10.7. The van der Waals surface area contributed by atoms with Crippen molar-refractivity contribution in [3.05, 3.63) is 47.7 Å². The summed E-state index contributed by atoms with van der Waals surface area (Å²) in [6, 6.07) is 8.06. The molecule has 0 amide bonds. The number of nitrogens with two attached hydrogens (primary N) is 1. The van der Waals surface area contributed by atoms with Crippen LogP contribution in [0, 0.1) is 0 Å². The maximum atomic E-state index is 10.9. The van der Waals surface area contributed by atoms with Gasteiger partial charge in [0.15, 0.2) is 0 Å². The summed E-state index contributed by atoms with van der Waals surface area (Å²) >= 11 is 0. The van der Waals surface area contributed by atoms with Crippen molar-refractivity contribution in [2.45, 2.75) is 6.61 Å². The largest absolute Gasteiger partial charge is 0.489 e. The summed E-state index contributed by atoms with van der Waals surface area (Å²) in [5, 5.41) is 8.89. The highest BCUT2D eigenvalue weighted by atomic mass is 16.5. The zero-order valence-corrected chi connectivity index (χ0v) is 10.9. The fraction of sp³-hybridized carbons (Fsp3) is 0.143. The van der Waals surface area contributed by atoms with Gasteiger partial charge in [0.25, 0.3) is 0 Å². The lowest BCUT2D eigenvalue weighted by Gasteiger charge is -2.10. The Kier molecular flexibility index (Phi) is 4.05. The van der Waals surface area contributed by atoms with Crippen molar-refractivity contribution in [3.63, 3.8) is 0 Å². The average Bonchev–Trinajstić information content (AvgIpc) is 2.45. The number of carboxylic acid groups (broad SMARTS) is 1. The molecule has 2 rings (SSSR count). The maximum Gasteiger partial charge on any atom is 0.337 e. The van der Waals surface area contributed by atoms with Crippen LogP contribution in [0.1, 0.15) is 15.9 Å². The number of carboxylic acids is 1. The maximum absolute atomic E-state index is 10.9. The molecule has 20 heavy (non-hydrogen) atoms. The Hall–Kier alpha value is -2.76. The van der Waals surface area contributed by atoms with Crippen LogP contribution in [0.25, 0.3) is 0 Å². The van der Waals surface area contributed by atoms with Crippen LogP contribution in [0.2, 0.25) is 0 Å². The van der Waals surface area contributed by atoms with Gasteiger partial charge in [-0.05, 0) is 24.3 Å². The van der Waals surface area contributed by atoms with Gasteiger partial charge in [-0.15, -0.1) is 0 Å². The number of anilines is 1. The van der Waals surface area contributed by atoms with Crippen LogP contribution < -0.4 is 15.2 Å². The minimum Gasteiger partial charge on any atom is -0.489 e. The van der Waals surface area contributed by atoms with E-state index in [1.165, 1.54) is 19.2 Å². The van der Waals surface area contributed by atoms with Crippen molar-refractivity contribution < 1.29 is 19.4 Å². The first-order valence-corrected chi connectivity index (χ1v) is 5.85. The molecule has 1 heterocycles. The predicted molar refractivity (Wildman–Crippen MR) is 72.9 cm³/mol. The smallest absolute Gasteiger partial charge is 0.337 e. The van der Waals surface area contributed by atoms with Crippen LogP contribution in [0.3, 0.4) is 0 Å². The van der Waals surface area contributed by atoms with Crippen LogP contribution in [-0.2, 0) is 6.61 Å². The zero-order valence-electron chi connectivity index (χ0n) is 10.9. The third kappa shape index (κ3) is 2.97. The summed E-state index contributed by atoms with van der Waals surface area (Å²) in [6.45, 7) is 0.253. The molecule has 6 heteroatoms. The Bertz CT molecular complexity index is 628. The fourth-order valence-electron chi connectivity index (χ4n) is 1.70. The van der Waals surface area contributed by atoms with Crippen molar-refractivity contribution in [2.24, 2.45) is 0 Å². The lowest BCUT2D eigenvalue weighted by molar-refractivity contribution is 0.0698. The van der Waals surface area contributed by atoms with E-state index in [2.05, 4.69) is 4.98 Å². The van der Waals surface area contributed by atoms with Gasteiger partial charge in [-0.2, -0.15) is 0 Å².